The average Bonchev–Trinajstić information content (AvgIpc) is 2.21. The molecule has 0 atom stereocenters. The van der Waals surface area contributed by atoms with Crippen molar-refractivity contribution < 1.29 is 13.2 Å². The quantitative estimate of drug-likeness (QED) is 0.610. The number of carbonyl (C=O) groups is 1. The molecule has 0 heterocycles. The second kappa shape index (κ2) is 5.86. The monoisotopic (exact) mass is 270 g/mol. The van der Waals surface area contributed by atoms with Crippen LogP contribution >= 0.6 is 0 Å². The largest absolute Gasteiger partial charge is 0.399 e. The van der Waals surface area contributed by atoms with Crippen LogP contribution < -0.4 is 11.1 Å². The van der Waals surface area contributed by atoms with E-state index in [0.717, 1.165) is 5.56 Å². The van der Waals surface area contributed by atoms with Gasteiger partial charge in [0.1, 0.15) is 9.84 Å². The Balaban J connectivity index is 2.51. The number of aryl methyl sites for hydroxylation is 1. The van der Waals surface area contributed by atoms with E-state index < -0.39 is 9.84 Å². The van der Waals surface area contributed by atoms with E-state index in [1.165, 1.54) is 6.26 Å². The topological polar surface area (TPSA) is 89.3 Å². The lowest BCUT2D eigenvalue weighted by Crippen LogP contribution is -2.26. The van der Waals surface area contributed by atoms with E-state index in [4.69, 9.17) is 5.73 Å². The smallest absolute Gasteiger partial charge is 0.251 e. The molecule has 3 N–H and O–H groups in total. The van der Waals surface area contributed by atoms with E-state index in [1.807, 2.05) is 6.92 Å². The van der Waals surface area contributed by atoms with E-state index in [2.05, 4.69) is 5.32 Å². The van der Waals surface area contributed by atoms with Crippen molar-refractivity contribution in [3.05, 3.63) is 29.3 Å². The molecule has 1 aromatic rings. The summed E-state index contributed by atoms with van der Waals surface area (Å²) in [5, 5.41) is 2.67. The number of benzene rings is 1. The van der Waals surface area contributed by atoms with Crippen molar-refractivity contribution in [3.8, 4) is 0 Å². The predicted molar refractivity (Wildman–Crippen MR) is 72.3 cm³/mol. The Bertz CT molecular complexity index is 518. The zero-order valence-electron chi connectivity index (χ0n) is 10.6. The van der Waals surface area contributed by atoms with E-state index in [0.29, 0.717) is 24.2 Å². The summed E-state index contributed by atoms with van der Waals surface area (Å²) in [5.41, 5.74) is 7.59. The minimum atomic E-state index is -2.97. The summed E-state index contributed by atoms with van der Waals surface area (Å²) < 4.78 is 21.8. The van der Waals surface area contributed by atoms with Crippen LogP contribution in [0.15, 0.2) is 18.2 Å². The highest BCUT2D eigenvalue weighted by Crippen LogP contribution is 2.10. The summed E-state index contributed by atoms with van der Waals surface area (Å²) in [7, 11) is -2.97. The number of amides is 1. The molecular formula is C12H18N2O3S. The van der Waals surface area contributed by atoms with Gasteiger partial charge in [-0.2, -0.15) is 0 Å². The summed E-state index contributed by atoms with van der Waals surface area (Å²) in [6.45, 7) is 2.19. The fourth-order valence-electron chi connectivity index (χ4n) is 1.58. The number of hydrogen-bond acceptors (Lipinski definition) is 4. The highest BCUT2D eigenvalue weighted by molar-refractivity contribution is 7.90. The average molecular weight is 270 g/mol. The predicted octanol–water partition coefficient (Wildman–Crippen LogP) is 0.742. The van der Waals surface area contributed by atoms with Crippen molar-refractivity contribution in [2.75, 3.05) is 24.3 Å². The molecule has 0 radical (unpaired) electrons. The lowest BCUT2D eigenvalue weighted by atomic mass is 10.1. The third kappa shape index (κ3) is 5.18. The van der Waals surface area contributed by atoms with Crippen molar-refractivity contribution in [2.24, 2.45) is 0 Å². The third-order valence-electron chi connectivity index (χ3n) is 2.34. The molecule has 0 spiro atoms. The Morgan fingerprint density at radius 1 is 1.33 bits per heavy atom. The highest BCUT2D eigenvalue weighted by atomic mass is 32.2. The number of sulfone groups is 1. The Morgan fingerprint density at radius 2 is 2.00 bits per heavy atom. The SMILES string of the molecule is Cc1cc(N)cc(C(=O)NCCCS(C)(=O)=O)c1. The van der Waals surface area contributed by atoms with Gasteiger partial charge in [0.15, 0.2) is 0 Å². The van der Waals surface area contributed by atoms with Gasteiger partial charge < -0.3 is 11.1 Å². The van der Waals surface area contributed by atoms with Crippen LogP contribution in [0.1, 0.15) is 22.3 Å². The second-order valence-electron chi connectivity index (χ2n) is 4.37. The maximum atomic E-state index is 11.8. The maximum absolute atomic E-state index is 11.8. The van der Waals surface area contributed by atoms with Crippen LogP contribution in [0.4, 0.5) is 5.69 Å². The minimum Gasteiger partial charge on any atom is -0.399 e. The highest BCUT2D eigenvalue weighted by Gasteiger charge is 2.07. The van der Waals surface area contributed by atoms with Crippen molar-refractivity contribution >= 4 is 21.4 Å². The number of hydrogen-bond donors (Lipinski definition) is 2. The van der Waals surface area contributed by atoms with Crippen molar-refractivity contribution in [1.29, 1.82) is 0 Å². The molecule has 6 heteroatoms. The molecule has 0 fully saturated rings. The van der Waals surface area contributed by atoms with Gasteiger partial charge in [0.25, 0.3) is 5.91 Å². The van der Waals surface area contributed by atoms with E-state index in [-0.39, 0.29) is 11.7 Å². The van der Waals surface area contributed by atoms with Gasteiger partial charge in [-0.25, -0.2) is 8.42 Å². The molecule has 0 saturated carbocycles. The first kappa shape index (κ1) is 14.5. The molecule has 0 bridgehead atoms. The summed E-state index contributed by atoms with van der Waals surface area (Å²) >= 11 is 0. The van der Waals surface area contributed by atoms with Crippen LogP contribution in [-0.4, -0.2) is 32.9 Å². The molecule has 100 valence electrons. The molecule has 1 rings (SSSR count). The van der Waals surface area contributed by atoms with Gasteiger partial charge in [0.2, 0.25) is 0 Å². The van der Waals surface area contributed by atoms with Gasteiger partial charge in [-0.3, -0.25) is 4.79 Å². The standard InChI is InChI=1S/C12H18N2O3S/c1-9-6-10(8-11(13)7-9)12(15)14-4-3-5-18(2,16)17/h6-8H,3-5,13H2,1-2H3,(H,14,15). The zero-order chi connectivity index (χ0) is 13.8. The van der Waals surface area contributed by atoms with Gasteiger partial charge in [-0.05, 0) is 37.1 Å². The van der Waals surface area contributed by atoms with E-state index in [9.17, 15) is 13.2 Å². The number of rotatable bonds is 5. The van der Waals surface area contributed by atoms with Crippen LogP contribution in [-0.2, 0) is 9.84 Å². The number of nitrogens with two attached hydrogens (primary N) is 1. The normalized spacial score (nSPS) is 11.2. The summed E-state index contributed by atoms with van der Waals surface area (Å²) in [4.78, 5) is 11.8. The van der Waals surface area contributed by atoms with E-state index in [1.54, 1.807) is 18.2 Å². The molecule has 0 aliphatic carbocycles. The Kier molecular flexibility index (Phi) is 4.72. The van der Waals surface area contributed by atoms with Crippen LogP contribution in [0, 0.1) is 6.92 Å². The molecule has 1 aromatic carbocycles. The first-order chi connectivity index (χ1) is 8.28. The molecule has 0 aliphatic heterocycles. The van der Waals surface area contributed by atoms with E-state index >= 15 is 0 Å². The first-order valence-corrected chi connectivity index (χ1v) is 7.67. The van der Waals surface area contributed by atoms with Gasteiger partial charge >= 0.3 is 0 Å². The first-order valence-electron chi connectivity index (χ1n) is 5.61. The lowest BCUT2D eigenvalue weighted by molar-refractivity contribution is 0.0953. The van der Waals surface area contributed by atoms with Gasteiger partial charge in [-0.1, -0.05) is 0 Å². The summed E-state index contributed by atoms with van der Waals surface area (Å²) in [6, 6.07) is 5.11. The molecule has 1 amide bonds. The Labute approximate surface area is 107 Å². The number of nitrogen functional groups attached to an aromatic ring is 1. The minimum absolute atomic E-state index is 0.0727. The lowest BCUT2D eigenvalue weighted by Gasteiger charge is -2.06. The molecule has 0 aromatic heterocycles. The Morgan fingerprint density at radius 3 is 2.56 bits per heavy atom. The van der Waals surface area contributed by atoms with Crippen LogP contribution in [0.5, 0.6) is 0 Å². The van der Waals surface area contributed by atoms with Crippen molar-refractivity contribution in [2.45, 2.75) is 13.3 Å². The maximum Gasteiger partial charge on any atom is 0.251 e. The summed E-state index contributed by atoms with van der Waals surface area (Å²) in [5.74, 6) is -0.164. The molecule has 18 heavy (non-hydrogen) atoms. The fourth-order valence-corrected chi connectivity index (χ4v) is 2.25. The van der Waals surface area contributed by atoms with Gasteiger partial charge in [-0.15, -0.1) is 0 Å². The molecule has 0 saturated heterocycles. The van der Waals surface area contributed by atoms with Crippen LogP contribution in [0.2, 0.25) is 0 Å². The number of anilines is 1. The van der Waals surface area contributed by atoms with Gasteiger partial charge in [0, 0.05) is 24.1 Å². The molecule has 5 nitrogen and oxygen atoms in total. The zero-order valence-corrected chi connectivity index (χ0v) is 11.4. The van der Waals surface area contributed by atoms with Crippen LogP contribution in [0.3, 0.4) is 0 Å². The van der Waals surface area contributed by atoms with Gasteiger partial charge in [0.05, 0.1) is 5.75 Å². The molecular weight excluding hydrogens is 252 g/mol. The number of nitrogens with one attached hydrogen (secondary N) is 1. The van der Waals surface area contributed by atoms with Crippen molar-refractivity contribution in [3.63, 3.8) is 0 Å². The molecule has 0 aliphatic rings. The fraction of sp³-hybridized carbons (Fsp3) is 0.417. The van der Waals surface area contributed by atoms with Crippen LogP contribution in [0.25, 0.3) is 0 Å². The van der Waals surface area contributed by atoms with Crippen molar-refractivity contribution in [1.82, 2.24) is 5.32 Å². The number of carbonyl (C=O) groups excluding carboxylic acids is 1. The summed E-state index contributed by atoms with van der Waals surface area (Å²) in [6.07, 6.45) is 1.59. The molecule has 0 unspecified atom stereocenters. The third-order valence-corrected chi connectivity index (χ3v) is 3.37. The second-order valence-corrected chi connectivity index (χ2v) is 6.63. The Hall–Kier alpha value is -1.56.